The summed E-state index contributed by atoms with van der Waals surface area (Å²) in [5.74, 6) is -2.75. The molecule has 9 atom stereocenters. The predicted molar refractivity (Wildman–Crippen MR) is 218 cm³/mol. The minimum atomic E-state index is -1.32. The maximum absolute atomic E-state index is 12.3. The van der Waals surface area contributed by atoms with Crippen molar-refractivity contribution in [2.45, 2.75) is 102 Å². The molecule has 17 heteroatoms. The maximum Gasteiger partial charge on any atom is 0.303 e. The fraction of sp³-hybridized carbons (Fsp3) is 0.465. The molecule has 0 radical (unpaired) electrons. The smallest absolute Gasteiger partial charge is 0.303 e. The molecule has 2 aliphatic rings. The van der Waals surface area contributed by atoms with Gasteiger partial charge in [-0.05, 0) is 48.0 Å². The van der Waals surface area contributed by atoms with Crippen LogP contribution in [0.5, 0.6) is 5.75 Å². The highest BCUT2D eigenvalue weighted by Gasteiger charge is 2.52. The zero-order valence-electron chi connectivity index (χ0n) is 34.1. The number of phenolic OH excluding ortho intramolecular Hbond substituents is 1. The van der Waals surface area contributed by atoms with Crippen LogP contribution in [0, 0.1) is 0 Å². The van der Waals surface area contributed by atoms with Crippen molar-refractivity contribution in [3.8, 4) is 5.75 Å². The van der Waals surface area contributed by atoms with Crippen molar-refractivity contribution >= 4 is 46.8 Å². The van der Waals surface area contributed by atoms with Gasteiger partial charge in [0.25, 0.3) is 0 Å². The first kappa shape index (κ1) is 46.1. The summed E-state index contributed by atoms with van der Waals surface area (Å²) in [5.41, 5.74) is 3.48. The second-order valence-corrected chi connectivity index (χ2v) is 15.3. The van der Waals surface area contributed by atoms with Crippen molar-refractivity contribution in [2.24, 2.45) is 0 Å². The highest BCUT2D eigenvalue weighted by Crippen LogP contribution is 2.39. The number of esters is 4. The van der Waals surface area contributed by atoms with Gasteiger partial charge in [-0.2, -0.15) is 0 Å². The van der Waals surface area contributed by atoms with Crippen LogP contribution in [-0.4, -0.2) is 112 Å². The van der Waals surface area contributed by atoms with E-state index in [2.05, 4.69) is 5.32 Å². The van der Waals surface area contributed by atoms with Crippen LogP contribution < -0.4 is 5.32 Å². The molecule has 2 saturated heterocycles. The van der Waals surface area contributed by atoms with Crippen LogP contribution in [0.15, 0.2) is 72.8 Å². The molecule has 9 unspecified atom stereocenters. The Morgan fingerprint density at radius 2 is 1.47 bits per heavy atom. The minimum Gasteiger partial charge on any atom is -0.508 e. The quantitative estimate of drug-likeness (QED) is 0.0897. The first-order valence-electron chi connectivity index (χ1n) is 19.4. The number of aliphatic hydroxyl groups is 2. The number of nitrogens with one attached hydrogen (secondary N) is 1. The van der Waals surface area contributed by atoms with E-state index >= 15 is 0 Å². The summed E-state index contributed by atoms with van der Waals surface area (Å²) in [5, 5.41) is 33.6. The van der Waals surface area contributed by atoms with Gasteiger partial charge in [0, 0.05) is 64.9 Å². The van der Waals surface area contributed by atoms with Crippen LogP contribution in [-0.2, 0) is 58.9 Å². The number of hydrogen-bond acceptors (Lipinski definition) is 16. The van der Waals surface area contributed by atoms with E-state index in [-0.39, 0.29) is 49.1 Å². The lowest BCUT2D eigenvalue weighted by Gasteiger charge is -2.44. The van der Waals surface area contributed by atoms with Crippen molar-refractivity contribution in [3.05, 3.63) is 95.1 Å². The molecule has 324 valence electrons. The van der Waals surface area contributed by atoms with Gasteiger partial charge in [-0.25, -0.2) is 0 Å². The average molecular weight is 853 g/mol. The molecule has 5 rings (SSSR count). The number of aliphatic hydroxyl groups excluding tert-OH is 2. The third kappa shape index (κ3) is 13.2. The Balaban J connectivity index is 1.34. The summed E-state index contributed by atoms with van der Waals surface area (Å²) in [6, 6.07) is 21.3. The average Bonchev–Trinajstić information content (AvgIpc) is 3.18. The Morgan fingerprint density at radius 1 is 0.817 bits per heavy atom. The summed E-state index contributed by atoms with van der Waals surface area (Å²) in [6.45, 7) is 4.93. The van der Waals surface area contributed by atoms with E-state index in [0.717, 1.165) is 25.0 Å². The number of ether oxygens (including phenoxy) is 7. The zero-order valence-corrected chi connectivity index (χ0v) is 34.9. The van der Waals surface area contributed by atoms with Crippen LogP contribution in [0.4, 0.5) is 5.69 Å². The number of thiocarbonyl (C=S) groups is 1. The molecule has 2 aliphatic heterocycles. The van der Waals surface area contributed by atoms with E-state index in [1.807, 2.05) is 48.3 Å². The van der Waals surface area contributed by atoms with Crippen LogP contribution in [0.1, 0.15) is 81.3 Å². The van der Waals surface area contributed by atoms with E-state index in [4.69, 9.17) is 45.4 Å². The van der Waals surface area contributed by atoms with Crippen molar-refractivity contribution < 1.29 is 67.7 Å². The van der Waals surface area contributed by atoms with E-state index in [0.29, 0.717) is 29.8 Å². The Hall–Kier alpha value is -5.01. The molecular weight excluding hydrogens is 801 g/mol. The predicted octanol–water partition coefficient (Wildman–Crippen LogP) is 4.35. The molecule has 0 aromatic heterocycles. The fourth-order valence-electron chi connectivity index (χ4n) is 7.23. The second kappa shape index (κ2) is 21.5. The number of phenols is 1. The highest BCUT2D eigenvalue weighted by molar-refractivity contribution is 7.80. The number of aromatic hydroxyl groups is 1. The Bertz CT molecular complexity index is 1960. The number of carbonyl (C=O) groups excluding carboxylic acids is 4. The number of anilines is 1. The van der Waals surface area contributed by atoms with Gasteiger partial charge < -0.3 is 58.7 Å². The number of likely N-dealkylation sites (N-methyl/N-ethyl adjacent to an activating group) is 1. The van der Waals surface area contributed by atoms with Crippen LogP contribution in [0.2, 0.25) is 0 Å². The molecule has 2 heterocycles. The van der Waals surface area contributed by atoms with Gasteiger partial charge in [0.15, 0.2) is 24.6 Å². The highest BCUT2D eigenvalue weighted by atomic mass is 32.1. The SMILES string of the molecule is CC(=O)OCC1OC(CC(=S)Nc2cccc(C3OC(CN(C)CC(O)c4cccc(O)c4)CC(c4ccc(CO)cc4)O3)c2)C(OC(C)=O)C(OC(C)=O)C1OC(C)=O. The lowest BCUT2D eigenvalue weighted by atomic mass is 9.92. The Kier molecular flexibility index (Phi) is 16.5. The molecule has 0 saturated carbocycles. The fourth-order valence-corrected chi connectivity index (χ4v) is 7.51. The summed E-state index contributed by atoms with van der Waals surface area (Å²) >= 11 is 5.77. The lowest BCUT2D eigenvalue weighted by Crippen LogP contribution is -2.62. The molecule has 60 heavy (non-hydrogen) atoms. The molecule has 0 amide bonds. The van der Waals surface area contributed by atoms with Crippen molar-refractivity contribution in [1.29, 1.82) is 0 Å². The first-order chi connectivity index (χ1) is 28.6. The molecule has 0 aliphatic carbocycles. The maximum atomic E-state index is 12.3. The normalized spacial score (nSPS) is 24.5. The number of benzene rings is 3. The summed E-state index contributed by atoms with van der Waals surface area (Å²) in [6.07, 6.45) is -8.00. The van der Waals surface area contributed by atoms with E-state index in [1.165, 1.54) is 19.9 Å². The minimum absolute atomic E-state index is 0.0656. The van der Waals surface area contributed by atoms with Gasteiger partial charge in [0.1, 0.15) is 24.6 Å². The van der Waals surface area contributed by atoms with Crippen molar-refractivity contribution in [1.82, 2.24) is 4.90 Å². The standard InChI is InChI=1S/C43H52N2O14S/c1-24(47)53-23-38-41(55-26(3)49)42(56-27(4)50)40(54-25(2)48)37(58-38)19-39(60)44-32-10-6-9-31(16-32)43-57-34(18-36(59-43)29-14-12-28(22-46)13-15-29)20-45(5)21-35(52)30-8-7-11-33(51)17-30/h6-17,34-38,40-43,46,51-52H,18-23H2,1-5H3,(H,44,60). The third-order valence-corrected chi connectivity index (χ3v) is 10.1. The molecule has 2 fully saturated rings. The van der Waals surface area contributed by atoms with Crippen LogP contribution in [0.3, 0.4) is 0 Å². The van der Waals surface area contributed by atoms with E-state index in [9.17, 15) is 34.5 Å². The Labute approximate surface area is 353 Å². The van der Waals surface area contributed by atoms with Crippen LogP contribution >= 0.6 is 12.2 Å². The van der Waals surface area contributed by atoms with E-state index in [1.54, 1.807) is 30.3 Å². The van der Waals surface area contributed by atoms with E-state index < -0.39 is 66.8 Å². The summed E-state index contributed by atoms with van der Waals surface area (Å²) in [7, 11) is 1.88. The summed E-state index contributed by atoms with van der Waals surface area (Å²) < 4.78 is 41.1. The first-order valence-corrected chi connectivity index (χ1v) is 19.9. The third-order valence-electron chi connectivity index (χ3n) is 9.79. The van der Waals surface area contributed by atoms with Gasteiger partial charge in [-0.3, -0.25) is 19.2 Å². The lowest BCUT2D eigenvalue weighted by molar-refractivity contribution is -0.252. The molecule has 0 spiro atoms. The number of carbonyl (C=O) groups is 4. The van der Waals surface area contributed by atoms with Gasteiger partial charge in [-0.15, -0.1) is 0 Å². The molecule has 16 nitrogen and oxygen atoms in total. The molecular formula is C43H52N2O14S. The number of rotatable bonds is 16. The number of nitrogens with zero attached hydrogens (tertiary/aromatic N) is 1. The second-order valence-electron chi connectivity index (χ2n) is 14.8. The van der Waals surface area contributed by atoms with Gasteiger partial charge in [-0.1, -0.05) is 60.7 Å². The topological polar surface area (TPSA) is 209 Å². The van der Waals surface area contributed by atoms with Crippen molar-refractivity contribution in [3.63, 3.8) is 0 Å². The zero-order chi connectivity index (χ0) is 43.5. The molecule has 3 aromatic carbocycles. The summed E-state index contributed by atoms with van der Waals surface area (Å²) in [4.78, 5) is 50.7. The molecule has 4 N–H and O–H groups in total. The van der Waals surface area contributed by atoms with Gasteiger partial charge in [0.2, 0.25) is 0 Å². The van der Waals surface area contributed by atoms with Gasteiger partial charge in [0.05, 0.1) is 29.9 Å². The van der Waals surface area contributed by atoms with Gasteiger partial charge >= 0.3 is 23.9 Å². The largest absolute Gasteiger partial charge is 0.508 e. The Morgan fingerprint density at radius 3 is 2.10 bits per heavy atom. The number of hydrogen-bond donors (Lipinski definition) is 4. The van der Waals surface area contributed by atoms with Crippen LogP contribution in [0.25, 0.3) is 0 Å². The molecule has 0 bridgehead atoms. The monoisotopic (exact) mass is 852 g/mol. The van der Waals surface area contributed by atoms with Crippen molar-refractivity contribution in [2.75, 3.05) is 32.1 Å². The molecule has 3 aromatic rings.